The molecular formula is C6H8BrN3O. The van der Waals surface area contributed by atoms with E-state index in [1.165, 1.54) is 0 Å². The molecule has 0 amide bonds. The summed E-state index contributed by atoms with van der Waals surface area (Å²) in [4.78, 5) is 4.02. The van der Waals surface area contributed by atoms with Crippen LogP contribution in [0, 0.1) is 0 Å². The summed E-state index contributed by atoms with van der Waals surface area (Å²) in [5.74, 6) is 0.546. The van der Waals surface area contributed by atoms with E-state index in [4.69, 9.17) is 10.5 Å². The molecule has 2 rings (SSSR count). The molecule has 2 N–H and O–H groups in total. The summed E-state index contributed by atoms with van der Waals surface area (Å²) in [6.07, 6.45) is 1.88. The first-order valence-electron chi connectivity index (χ1n) is 3.35. The minimum atomic E-state index is 0.383. The molecule has 60 valence electrons. The highest BCUT2D eigenvalue weighted by Gasteiger charge is 2.22. The first-order chi connectivity index (χ1) is 5.27. The molecule has 1 fully saturated rings. The molecule has 5 heteroatoms. The Labute approximate surface area is 72.5 Å². The zero-order valence-electron chi connectivity index (χ0n) is 5.83. The predicted molar refractivity (Wildman–Crippen MR) is 44.2 cm³/mol. The lowest BCUT2D eigenvalue weighted by atomic mass is 10.2. The number of aromatic nitrogens is 2. The van der Waals surface area contributed by atoms with Gasteiger partial charge in [0.15, 0.2) is 0 Å². The zero-order chi connectivity index (χ0) is 7.84. The Bertz CT molecular complexity index is 269. The van der Waals surface area contributed by atoms with E-state index >= 15 is 0 Å². The second-order valence-corrected chi connectivity index (χ2v) is 3.33. The highest BCUT2D eigenvalue weighted by molar-refractivity contribution is 9.10. The molecule has 0 bridgehead atoms. The van der Waals surface area contributed by atoms with Crippen LogP contribution in [0.5, 0.6) is 0 Å². The fourth-order valence-corrected chi connectivity index (χ4v) is 1.46. The van der Waals surface area contributed by atoms with Gasteiger partial charge in [0.1, 0.15) is 4.60 Å². The molecule has 2 heterocycles. The van der Waals surface area contributed by atoms with Crippen LogP contribution in [-0.4, -0.2) is 22.8 Å². The molecular weight excluding hydrogens is 210 g/mol. The van der Waals surface area contributed by atoms with Gasteiger partial charge in [-0.15, -0.1) is 0 Å². The van der Waals surface area contributed by atoms with E-state index in [1.54, 1.807) is 0 Å². The standard InChI is InChI=1S/C6H8BrN3O/c7-5-1-10(6(8)9-5)4-2-11-3-4/h1,4H,2-3H2,(H2,8,9). The van der Waals surface area contributed by atoms with Crippen LogP contribution >= 0.6 is 15.9 Å². The van der Waals surface area contributed by atoms with Gasteiger partial charge in [0, 0.05) is 6.20 Å². The summed E-state index contributed by atoms with van der Waals surface area (Å²) in [5.41, 5.74) is 5.62. The lowest BCUT2D eigenvalue weighted by Crippen LogP contribution is -2.30. The maximum Gasteiger partial charge on any atom is 0.201 e. The van der Waals surface area contributed by atoms with Crippen LogP contribution in [0.3, 0.4) is 0 Å². The van der Waals surface area contributed by atoms with Gasteiger partial charge in [-0.05, 0) is 15.9 Å². The van der Waals surface area contributed by atoms with Gasteiger partial charge in [-0.1, -0.05) is 0 Å². The highest BCUT2D eigenvalue weighted by atomic mass is 79.9. The Hall–Kier alpha value is -0.550. The molecule has 0 radical (unpaired) electrons. The van der Waals surface area contributed by atoms with Gasteiger partial charge in [0.2, 0.25) is 5.95 Å². The highest BCUT2D eigenvalue weighted by Crippen LogP contribution is 2.22. The molecule has 0 aromatic carbocycles. The first-order valence-corrected chi connectivity index (χ1v) is 4.14. The van der Waals surface area contributed by atoms with Gasteiger partial charge in [-0.3, -0.25) is 0 Å². The Balaban J connectivity index is 2.28. The van der Waals surface area contributed by atoms with E-state index in [0.29, 0.717) is 12.0 Å². The van der Waals surface area contributed by atoms with Crippen LogP contribution in [0.15, 0.2) is 10.8 Å². The average molecular weight is 218 g/mol. The third-order valence-electron chi connectivity index (χ3n) is 1.75. The summed E-state index contributed by atoms with van der Waals surface area (Å²) in [5, 5.41) is 0. The van der Waals surface area contributed by atoms with Crippen LogP contribution in [0.25, 0.3) is 0 Å². The maximum absolute atomic E-state index is 5.62. The quantitative estimate of drug-likeness (QED) is 0.758. The minimum absolute atomic E-state index is 0.383. The number of rotatable bonds is 1. The molecule has 1 aromatic heterocycles. The van der Waals surface area contributed by atoms with Crippen LogP contribution in [0.1, 0.15) is 6.04 Å². The summed E-state index contributed by atoms with van der Waals surface area (Å²) in [6.45, 7) is 1.49. The zero-order valence-corrected chi connectivity index (χ0v) is 7.41. The van der Waals surface area contributed by atoms with E-state index in [0.717, 1.165) is 17.8 Å². The summed E-state index contributed by atoms with van der Waals surface area (Å²) < 4.78 is 7.74. The van der Waals surface area contributed by atoms with Gasteiger partial charge in [0.25, 0.3) is 0 Å². The maximum atomic E-state index is 5.62. The number of nitrogens with two attached hydrogens (primary N) is 1. The van der Waals surface area contributed by atoms with Crippen LogP contribution in [0.4, 0.5) is 5.95 Å². The lowest BCUT2D eigenvalue weighted by Gasteiger charge is -2.27. The number of nitrogen functional groups attached to an aromatic ring is 1. The molecule has 0 saturated carbocycles. The lowest BCUT2D eigenvalue weighted by molar-refractivity contribution is -0.0224. The van der Waals surface area contributed by atoms with Crippen molar-refractivity contribution in [1.29, 1.82) is 0 Å². The van der Waals surface area contributed by atoms with Gasteiger partial charge in [-0.2, -0.15) is 0 Å². The van der Waals surface area contributed by atoms with Crippen molar-refractivity contribution in [3.05, 3.63) is 10.8 Å². The van der Waals surface area contributed by atoms with Crippen molar-refractivity contribution in [2.75, 3.05) is 18.9 Å². The predicted octanol–water partition coefficient (Wildman–Crippen LogP) is 0.799. The molecule has 0 spiro atoms. The first kappa shape index (κ1) is 7.12. The molecule has 1 aliphatic heterocycles. The van der Waals surface area contributed by atoms with Crippen molar-refractivity contribution in [2.24, 2.45) is 0 Å². The Morgan fingerprint density at radius 1 is 1.73 bits per heavy atom. The third kappa shape index (κ3) is 1.14. The molecule has 0 unspecified atom stereocenters. The third-order valence-corrected chi connectivity index (χ3v) is 2.13. The fourth-order valence-electron chi connectivity index (χ4n) is 1.05. The van der Waals surface area contributed by atoms with Crippen LogP contribution in [0.2, 0.25) is 0 Å². The number of hydrogen-bond donors (Lipinski definition) is 1. The summed E-state index contributed by atoms with van der Waals surface area (Å²) in [6, 6.07) is 0.383. The molecule has 11 heavy (non-hydrogen) atoms. The molecule has 1 aliphatic rings. The number of ether oxygens (including phenoxy) is 1. The largest absolute Gasteiger partial charge is 0.377 e. The monoisotopic (exact) mass is 217 g/mol. The van der Waals surface area contributed by atoms with Gasteiger partial charge in [-0.25, -0.2) is 4.98 Å². The van der Waals surface area contributed by atoms with Crippen LogP contribution in [-0.2, 0) is 4.74 Å². The van der Waals surface area contributed by atoms with Crippen molar-refractivity contribution in [3.8, 4) is 0 Å². The van der Waals surface area contributed by atoms with Gasteiger partial charge >= 0.3 is 0 Å². The topological polar surface area (TPSA) is 53.1 Å². The molecule has 1 aromatic rings. The van der Waals surface area contributed by atoms with Gasteiger partial charge in [0.05, 0.1) is 19.3 Å². The fraction of sp³-hybridized carbons (Fsp3) is 0.500. The average Bonchev–Trinajstić information content (AvgIpc) is 2.07. The molecule has 1 saturated heterocycles. The van der Waals surface area contributed by atoms with E-state index < -0.39 is 0 Å². The Morgan fingerprint density at radius 2 is 2.45 bits per heavy atom. The second-order valence-electron chi connectivity index (χ2n) is 2.52. The van der Waals surface area contributed by atoms with Crippen LogP contribution < -0.4 is 5.73 Å². The molecule has 0 aliphatic carbocycles. The van der Waals surface area contributed by atoms with Crippen molar-refractivity contribution < 1.29 is 4.74 Å². The smallest absolute Gasteiger partial charge is 0.201 e. The molecule has 4 nitrogen and oxygen atoms in total. The van der Waals surface area contributed by atoms with Gasteiger partial charge < -0.3 is 15.0 Å². The number of imidazole rings is 1. The Kier molecular flexibility index (Phi) is 1.61. The molecule has 0 atom stereocenters. The summed E-state index contributed by atoms with van der Waals surface area (Å²) in [7, 11) is 0. The number of anilines is 1. The second kappa shape index (κ2) is 2.49. The normalized spacial score (nSPS) is 18.3. The van der Waals surface area contributed by atoms with Crippen molar-refractivity contribution in [1.82, 2.24) is 9.55 Å². The van der Waals surface area contributed by atoms with Crippen molar-refractivity contribution in [2.45, 2.75) is 6.04 Å². The minimum Gasteiger partial charge on any atom is -0.377 e. The van der Waals surface area contributed by atoms with E-state index in [-0.39, 0.29) is 0 Å². The van der Waals surface area contributed by atoms with E-state index in [9.17, 15) is 0 Å². The van der Waals surface area contributed by atoms with Crippen molar-refractivity contribution >= 4 is 21.9 Å². The van der Waals surface area contributed by atoms with E-state index in [1.807, 2.05) is 10.8 Å². The number of hydrogen-bond acceptors (Lipinski definition) is 3. The van der Waals surface area contributed by atoms with Crippen molar-refractivity contribution in [3.63, 3.8) is 0 Å². The van der Waals surface area contributed by atoms with E-state index in [2.05, 4.69) is 20.9 Å². The summed E-state index contributed by atoms with van der Waals surface area (Å²) >= 11 is 3.25. The Morgan fingerprint density at radius 3 is 2.82 bits per heavy atom. The number of nitrogens with zero attached hydrogens (tertiary/aromatic N) is 2. The SMILES string of the molecule is Nc1nc(Br)cn1C1COC1. The number of halogens is 1.